The van der Waals surface area contributed by atoms with Crippen LogP contribution in [0.3, 0.4) is 0 Å². The lowest BCUT2D eigenvalue weighted by Gasteiger charge is -2.39. The molecule has 0 saturated carbocycles. The fourth-order valence-electron chi connectivity index (χ4n) is 3.90. The molecule has 0 amide bonds. The van der Waals surface area contributed by atoms with Gasteiger partial charge in [0.05, 0.1) is 12.1 Å². The van der Waals surface area contributed by atoms with Crippen LogP contribution in [-0.4, -0.2) is 66.3 Å². The Morgan fingerprint density at radius 3 is 3.04 bits per heavy atom. The Labute approximate surface area is 165 Å². The zero-order chi connectivity index (χ0) is 18.4. The normalized spacial score (nSPS) is 30.5. The van der Waals surface area contributed by atoms with Crippen LogP contribution in [-0.2, 0) is 0 Å². The van der Waals surface area contributed by atoms with Crippen molar-refractivity contribution in [2.45, 2.75) is 37.8 Å². The lowest BCUT2D eigenvalue weighted by molar-refractivity contribution is 0.0778. The van der Waals surface area contributed by atoms with E-state index >= 15 is 0 Å². The molecule has 26 heavy (non-hydrogen) atoms. The van der Waals surface area contributed by atoms with Crippen LogP contribution < -0.4 is 10.6 Å². The molecule has 3 unspecified atom stereocenters. The summed E-state index contributed by atoms with van der Waals surface area (Å²) < 4.78 is 0. The number of nitrogens with one attached hydrogen (secondary N) is 2. The Bertz CT molecular complexity index is 572. The van der Waals surface area contributed by atoms with Gasteiger partial charge in [0.1, 0.15) is 0 Å². The number of hydrogen-bond donors (Lipinski definition) is 3. The third-order valence-corrected chi connectivity index (χ3v) is 7.51. The number of aliphatic hydroxyl groups is 1. The molecule has 0 spiro atoms. The Hall–Kier alpha value is -0.760. The largest absolute Gasteiger partial charge is 0.387 e. The van der Waals surface area contributed by atoms with E-state index in [4.69, 9.17) is 0 Å². The van der Waals surface area contributed by atoms with Crippen LogP contribution in [0.4, 0.5) is 0 Å². The SMILES string of the molecule is CCNC(=NCC1(O)CCSC1)NCC1CCCN(C)C1c1cccs1. The number of thioether (sulfide) groups is 1. The van der Waals surface area contributed by atoms with E-state index in [0.29, 0.717) is 18.5 Å². The van der Waals surface area contributed by atoms with Crippen LogP contribution in [0.5, 0.6) is 0 Å². The van der Waals surface area contributed by atoms with Gasteiger partial charge in [-0.15, -0.1) is 11.3 Å². The van der Waals surface area contributed by atoms with E-state index in [9.17, 15) is 5.11 Å². The highest BCUT2D eigenvalue weighted by atomic mass is 32.2. The van der Waals surface area contributed by atoms with Crippen molar-refractivity contribution in [3.63, 3.8) is 0 Å². The Balaban J connectivity index is 1.61. The first kappa shape index (κ1) is 20.0. The van der Waals surface area contributed by atoms with Crippen molar-refractivity contribution in [2.24, 2.45) is 10.9 Å². The minimum absolute atomic E-state index is 0.480. The van der Waals surface area contributed by atoms with Crippen molar-refractivity contribution < 1.29 is 5.11 Å². The molecule has 0 aliphatic carbocycles. The molecule has 0 aromatic carbocycles. The van der Waals surface area contributed by atoms with E-state index in [2.05, 4.69) is 52.0 Å². The molecule has 2 aliphatic rings. The molecule has 3 heterocycles. The summed E-state index contributed by atoms with van der Waals surface area (Å²) in [6, 6.07) is 4.89. The molecule has 3 N–H and O–H groups in total. The second-order valence-electron chi connectivity index (χ2n) is 7.45. The van der Waals surface area contributed by atoms with Crippen molar-refractivity contribution in [3.8, 4) is 0 Å². The zero-order valence-electron chi connectivity index (χ0n) is 15.9. The topological polar surface area (TPSA) is 59.9 Å². The first-order valence-electron chi connectivity index (χ1n) is 9.67. The summed E-state index contributed by atoms with van der Waals surface area (Å²) >= 11 is 3.67. The molecule has 1 aromatic heterocycles. The van der Waals surface area contributed by atoms with Gasteiger partial charge in [-0.3, -0.25) is 9.89 Å². The number of thiophene rings is 1. The molecular weight excluding hydrogens is 364 g/mol. The van der Waals surface area contributed by atoms with Gasteiger partial charge in [0, 0.05) is 29.8 Å². The molecule has 1 aromatic rings. The van der Waals surface area contributed by atoms with Crippen LogP contribution in [0.25, 0.3) is 0 Å². The monoisotopic (exact) mass is 396 g/mol. The maximum absolute atomic E-state index is 10.5. The van der Waals surface area contributed by atoms with Gasteiger partial charge in [0.15, 0.2) is 5.96 Å². The average Bonchev–Trinajstić information content (AvgIpc) is 3.30. The molecule has 3 rings (SSSR count). The standard InChI is InChI=1S/C19H32N4OS2/c1-3-20-18(22-13-19(24)8-11-25-14-19)21-12-15-6-4-9-23(2)17(15)16-7-5-10-26-16/h5,7,10,15,17,24H,3-4,6,8-9,11-14H2,1-2H3,(H2,20,21,22). The highest BCUT2D eigenvalue weighted by Gasteiger charge is 2.32. The quantitative estimate of drug-likeness (QED) is 0.510. The first-order valence-corrected chi connectivity index (χ1v) is 11.7. The molecule has 0 bridgehead atoms. The highest BCUT2D eigenvalue weighted by molar-refractivity contribution is 7.99. The third-order valence-electron chi connectivity index (χ3n) is 5.33. The van der Waals surface area contributed by atoms with Gasteiger partial charge in [0.25, 0.3) is 0 Å². The summed E-state index contributed by atoms with van der Waals surface area (Å²) in [6.07, 6.45) is 3.32. The van der Waals surface area contributed by atoms with Gasteiger partial charge >= 0.3 is 0 Å². The van der Waals surface area contributed by atoms with Crippen LogP contribution in [0.2, 0.25) is 0 Å². The van der Waals surface area contributed by atoms with Gasteiger partial charge < -0.3 is 15.7 Å². The smallest absolute Gasteiger partial charge is 0.191 e. The van der Waals surface area contributed by atoms with E-state index in [1.54, 1.807) is 0 Å². The van der Waals surface area contributed by atoms with E-state index in [1.165, 1.54) is 17.7 Å². The lowest BCUT2D eigenvalue weighted by atomic mass is 9.88. The summed E-state index contributed by atoms with van der Waals surface area (Å²) in [5, 5.41) is 19.6. The zero-order valence-corrected chi connectivity index (χ0v) is 17.5. The van der Waals surface area contributed by atoms with Crippen LogP contribution in [0, 0.1) is 5.92 Å². The molecule has 2 saturated heterocycles. The van der Waals surface area contributed by atoms with E-state index in [-0.39, 0.29) is 0 Å². The summed E-state index contributed by atoms with van der Waals surface area (Å²) in [7, 11) is 2.24. The third kappa shape index (κ3) is 5.15. The number of likely N-dealkylation sites (tertiary alicyclic amines) is 1. The van der Waals surface area contributed by atoms with Crippen molar-refractivity contribution in [1.29, 1.82) is 0 Å². The van der Waals surface area contributed by atoms with Crippen LogP contribution in [0.15, 0.2) is 22.5 Å². The minimum Gasteiger partial charge on any atom is -0.387 e. The molecule has 2 fully saturated rings. The van der Waals surface area contributed by atoms with Crippen LogP contribution in [0.1, 0.15) is 37.1 Å². The van der Waals surface area contributed by atoms with E-state index in [0.717, 1.165) is 43.5 Å². The van der Waals surface area contributed by atoms with Crippen molar-refractivity contribution in [1.82, 2.24) is 15.5 Å². The Morgan fingerprint density at radius 1 is 1.46 bits per heavy atom. The number of nitrogens with zero attached hydrogens (tertiary/aromatic N) is 2. The predicted octanol–water partition coefficient (Wildman–Crippen LogP) is 2.55. The highest BCUT2D eigenvalue weighted by Crippen LogP contribution is 2.36. The van der Waals surface area contributed by atoms with Crippen molar-refractivity contribution >= 4 is 29.1 Å². The fourth-order valence-corrected chi connectivity index (χ4v) is 6.17. The first-order chi connectivity index (χ1) is 12.6. The Kier molecular flexibility index (Phi) is 7.26. The van der Waals surface area contributed by atoms with E-state index < -0.39 is 5.60 Å². The van der Waals surface area contributed by atoms with Gasteiger partial charge in [-0.2, -0.15) is 11.8 Å². The molecule has 146 valence electrons. The van der Waals surface area contributed by atoms with Crippen molar-refractivity contribution in [3.05, 3.63) is 22.4 Å². The number of rotatable bonds is 6. The molecule has 2 aliphatic heterocycles. The summed E-state index contributed by atoms with van der Waals surface area (Å²) in [5.74, 6) is 3.23. The molecule has 0 radical (unpaired) electrons. The van der Waals surface area contributed by atoms with Gasteiger partial charge in [-0.1, -0.05) is 6.07 Å². The lowest BCUT2D eigenvalue weighted by Crippen LogP contribution is -2.45. The van der Waals surface area contributed by atoms with Crippen molar-refractivity contribution in [2.75, 3.05) is 44.7 Å². The Morgan fingerprint density at radius 2 is 2.35 bits per heavy atom. The average molecular weight is 397 g/mol. The number of guanidine groups is 1. The number of piperidine rings is 1. The predicted molar refractivity (Wildman–Crippen MR) is 113 cm³/mol. The van der Waals surface area contributed by atoms with Gasteiger partial charge in [-0.05, 0) is 62.9 Å². The molecule has 7 heteroatoms. The second-order valence-corrected chi connectivity index (χ2v) is 9.53. The minimum atomic E-state index is -0.627. The second kappa shape index (κ2) is 9.44. The summed E-state index contributed by atoms with van der Waals surface area (Å²) in [5.41, 5.74) is -0.627. The number of hydrogen-bond acceptors (Lipinski definition) is 5. The summed E-state index contributed by atoms with van der Waals surface area (Å²) in [4.78, 5) is 8.63. The molecule has 5 nitrogen and oxygen atoms in total. The van der Waals surface area contributed by atoms with Gasteiger partial charge in [-0.25, -0.2) is 0 Å². The van der Waals surface area contributed by atoms with Crippen LogP contribution >= 0.6 is 23.1 Å². The maximum atomic E-state index is 10.5. The summed E-state index contributed by atoms with van der Waals surface area (Å²) in [6.45, 7) is 5.47. The molecular formula is C19H32N4OS2. The fraction of sp³-hybridized carbons (Fsp3) is 0.737. The van der Waals surface area contributed by atoms with E-state index in [1.807, 2.05) is 23.1 Å². The number of aliphatic imine (C=N–C) groups is 1. The maximum Gasteiger partial charge on any atom is 0.191 e. The molecule has 3 atom stereocenters. The van der Waals surface area contributed by atoms with Gasteiger partial charge in [0.2, 0.25) is 0 Å².